The van der Waals surface area contributed by atoms with E-state index in [1.165, 1.54) is 4.90 Å². The van der Waals surface area contributed by atoms with Crippen molar-refractivity contribution in [2.75, 3.05) is 11.4 Å². The van der Waals surface area contributed by atoms with Crippen LogP contribution >= 0.6 is 0 Å². The van der Waals surface area contributed by atoms with Crippen molar-refractivity contribution in [2.24, 2.45) is 5.41 Å². The highest BCUT2D eigenvalue weighted by atomic mass is 16.5. The molecule has 3 heterocycles. The third kappa shape index (κ3) is 2.49. The molecule has 1 aromatic rings. The number of fused-ring (bicyclic) bond motifs is 4. The first-order valence-corrected chi connectivity index (χ1v) is 9.77. The molecule has 1 aromatic carbocycles. The second-order valence-corrected chi connectivity index (χ2v) is 9.10. The average Bonchev–Trinajstić information content (AvgIpc) is 2.58. The lowest BCUT2D eigenvalue weighted by atomic mass is 9.66. The molecule has 4 amide bonds. The summed E-state index contributed by atoms with van der Waals surface area (Å²) in [6.45, 7) is 9.87. The van der Waals surface area contributed by atoms with Gasteiger partial charge in [0.2, 0.25) is 11.8 Å². The van der Waals surface area contributed by atoms with Crippen molar-refractivity contribution < 1.29 is 19.1 Å². The van der Waals surface area contributed by atoms with Crippen LogP contribution in [-0.4, -0.2) is 53.1 Å². The van der Waals surface area contributed by atoms with Crippen LogP contribution in [-0.2, 0) is 20.7 Å². The minimum absolute atomic E-state index is 0.0310. The molecule has 0 aliphatic carbocycles. The maximum atomic E-state index is 13.8. The summed E-state index contributed by atoms with van der Waals surface area (Å²) in [7, 11) is 0. The lowest BCUT2D eigenvalue weighted by Crippen LogP contribution is -2.77. The Morgan fingerprint density at radius 3 is 2.50 bits per heavy atom. The zero-order valence-corrected chi connectivity index (χ0v) is 17.0. The molecule has 1 spiro atoms. The van der Waals surface area contributed by atoms with Crippen LogP contribution in [0.15, 0.2) is 24.3 Å². The maximum Gasteiger partial charge on any atom is 0.331 e. The van der Waals surface area contributed by atoms with Crippen LogP contribution in [0, 0.1) is 5.41 Å². The van der Waals surface area contributed by atoms with Gasteiger partial charge in [-0.1, -0.05) is 18.2 Å². The van der Waals surface area contributed by atoms with Crippen LogP contribution in [0.3, 0.4) is 0 Å². The van der Waals surface area contributed by atoms with Gasteiger partial charge in [0.1, 0.15) is 0 Å². The third-order valence-electron chi connectivity index (χ3n) is 6.04. The van der Waals surface area contributed by atoms with Crippen LogP contribution in [0.25, 0.3) is 0 Å². The molecular weight excluding hydrogens is 358 g/mol. The fraction of sp³-hybridized carbons (Fsp3) is 0.571. The van der Waals surface area contributed by atoms with Crippen molar-refractivity contribution in [3.63, 3.8) is 0 Å². The maximum absolute atomic E-state index is 13.8. The van der Waals surface area contributed by atoms with Crippen molar-refractivity contribution in [3.05, 3.63) is 29.8 Å². The van der Waals surface area contributed by atoms with Gasteiger partial charge in [0, 0.05) is 17.8 Å². The topological polar surface area (TPSA) is 79.0 Å². The van der Waals surface area contributed by atoms with E-state index in [4.69, 9.17) is 4.74 Å². The van der Waals surface area contributed by atoms with Gasteiger partial charge in [0.25, 0.3) is 0 Å². The molecular formula is C21H27N3O4. The number of amides is 4. The summed E-state index contributed by atoms with van der Waals surface area (Å²) in [5.74, 6) is -0.972. The fourth-order valence-corrected chi connectivity index (χ4v) is 5.07. The van der Waals surface area contributed by atoms with Gasteiger partial charge in [-0.15, -0.1) is 0 Å². The summed E-state index contributed by atoms with van der Waals surface area (Å²) >= 11 is 0. The molecule has 0 bridgehead atoms. The van der Waals surface area contributed by atoms with E-state index in [0.29, 0.717) is 6.54 Å². The Morgan fingerprint density at radius 2 is 1.82 bits per heavy atom. The number of barbiturate groups is 1. The van der Waals surface area contributed by atoms with E-state index < -0.39 is 34.8 Å². The lowest BCUT2D eigenvalue weighted by Gasteiger charge is -2.57. The van der Waals surface area contributed by atoms with Crippen molar-refractivity contribution in [3.8, 4) is 0 Å². The van der Waals surface area contributed by atoms with Gasteiger partial charge in [-0.3, -0.25) is 19.8 Å². The van der Waals surface area contributed by atoms with E-state index in [1.807, 2.05) is 38.1 Å². The molecule has 0 aromatic heterocycles. The van der Waals surface area contributed by atoms with E-state index in [2.05, 4.69) is 10.2 Å². The van der Waals surface area contributed by atoms with Gasteiger partial charge in [-0.2, -0.15) is 0 Å². The standard InChI is InChI=1S/C21H27N3O4/c1-12-11-23-15-9-7-6-8-14(15)10-21(16(23)13(2)28-12)17(25)22-19(27)24(18(21)26)20(3,4)5/h6-9,12-13,16H,10-11H2,1-5H3,(H,22,25,27)/t12-,13-,16-,21+/m0/s1. The smallest absolute Gasteiger partial charge is 0.331 e. The number of nitrogens with one attached hydrogen (secondary N) is 1. The summed E-state index contributed by atoms with van der Waals surface area (Å²) in [5, 5.41) is 2.47. The normalized spacial score (nSPS) is 32.9. The number of rotatable bonds is 0. The number of anilines is 1. The summed E-state index contributed by atoms with van der Waals surface area (Å²) in [5.41, 5.74) is -0.190. The Balaban J connectivity index is 1.93. The van der Waals surface area contributed by atoms with Gasteiger partial charge in [0.05, 0.1) is 18.2 Å². The fourth-order valence-electron chi connectivity index (χ4n) is 5.07. The van der Waals surface area contributed by atoms with Gasteiger partial charge >= 0.3 is 6.03 Å². The van der Waals surface area contributed by atoms with Gasteiger partial charge in [0.15, 0.2) is 5.41 Å². The summed E-state index contributed by atoms with van der Waals surface area (Å²) in [6, 6.07) is 6.72. The molecule has 3 aliphatic heterocycles. The predicted octanol–water partition coefficient (Wildman–Crippen LogP) is 2.09. The molecule has 2 fully saturated rings. The summed E-state index contributed by atoms with van der Waals surface area (Å²) < 4.78 is 6.07. The molecule has 1 N–H and O–H groups in total. The molecule has 150 valence electrons. The van der Waals surface area contributed by atoms with Crippen LogP contribution < -0.4 is 10.2 Å². The highest BCUT2D eigenvalue weighted by Gasteiger charge is 2.65. The lowest BCUT2D eigenvalue weighted by molar-refractivity contribution is -0.163. The summed E-state index contributed by atoms with van der Waals surface area (Å²) in [4.78, 5) is 43.0. The second kappa shape index (κ2) is 6.04. The van der Waals surface area contributed by atoms with E-state index in [0.717, 1.165) is 11.3 Å². The molecule has 28 heavy (non-hydrogen) atoms. The minimum atomic E-state index is -1.41. The van der Waals surface area contributed by atoms with Crippen molar-refractivity contribution in [2.45, 2.75) is 64.8 Å². The first kappa shape index (κ1) is 18.9. The number of imide groups is 2. The molecule has 0 radical (unpaired) electrons. The number of morpholine rings is 1. The second-order valence-electron chi connectivity index (χ2n) is 9.10. The molecule has 2 saturated heterocycles. The van der Waals surface area contributed by atoms with E-state index in [9.17, 15) is 14.4 Å². The van der Waals surface area contributed by atoms with E-state index in [1.54, 1.807) is 20.8 Å². The molecule has 0 unspecified atom stereocenters. The number of hydrogen-bond acceptors (Lipinski definition) is 5. The zero-order chi connectivity index (χ0) is 20.4. The Labute approximate surface area is 165 Å². The van der Waals surface area contributed by atoms with Crippen molar-refractivity contribution in [1.82, 2.24) is 10.2 Å². The number of hydrogen-bond donors (Lipinski definition) is 1. The van der Waals surface area contributed by atoms with Crippen molar-refractivity contribution >= 4 is 23.5 Å². The number of carbonyl (C=O) groups excluding carboxylic acids is 3. The zero-order valence-electron chi connectivity index (χ0n) is 17.0. The number of nitrogens with zero attached hydrogens (tertiary/aromatic N) is 2. The van der Waals surface area contributed by atoms with E-state index >= 15 is 0 Å². The molecule has 3 aliphatic rings. The highest BCUT2D eigenvalue weighted by molar-refractivity contribution is 6.20. The van der Waals surface area contributed by atoms with Gasteiger partial charge in [-0.25, -0.2) is 4.79 Å². The first-order chi connectivity index (χ1) is 13.1. The van der Waals surface area contributed by atoms with E-state index in [-0.39, 0.29) is 18.6 Å². The Hall–Kier alpha value is -2.41. The average molecular weight is 385 g/mol. The molecule has 7 heteroatoms. The largest absolute Gasteiger partial charge is 0.372 e. The van der Waals surface area contributed by atoms with Crippen LogP contribution in [0.5, 0.6) is 0 Å². The molecule has 4 rings (SSSR count). The number of para-hydroxylation sites is 1. The highest BCUT2D eigenvalue weighted by Crippen LogP contribution is 2.48. The van der Waals surface area contributed by atoms with Crippen LogP contribution in [0.4, 0.5) is 10.5 Å². The molecule has 4 atom stereocenters. The Morgan fingerprint density at radius 1 is 1.14 bits per heavy atom. The summed E-state index contributed by atoms with van der Waals surface area (Å²) in [6.07, 6.45) is -0.130. The first-order valence-electron chi connectivity index (χ1n) is 9.77. The minimum Gasteiger partial charge on any atom is -0.372 e. The third-order valence-corrected chi connectivity index (χ3v) is 6.04. The Bertz CT molecular complexity index is 861. The van der Waals surface area contributed by atoms with Gasteiger partial charge in [-0.05, 0) is 52.7 Å². The molecule has 7 nitrogen and oxygen atoms in total. The number of carbonyl (C=O) groups is 3. The monoisotopic (exact) mass is 385 g/mol. The SMILES string of the molecule is C[C@@H]1O[C@@H](C)CN2c3ccccc3C[C@]3(C(=O)NC(=O)N(C(C)(C)C)C3=O)[C@H]12. The predicted molar refractivity (Wildman–Crippen MR) is 104 cm³/mol. The Kier molecular flexibility index (Phi) is 4.08. The number of benzene rings is 1. The van der Waals surface area contributed by atoms with Crippen LogP contribution in [0.2, 0.25) is 0 Å². The quantitative estimate of drug-likeness (QED) is 0.692. The van der Waals surface area contributed by atoms with Gasteiger partial charge < -0.3 is 9.64 Å². The van der Waals surface area contributed by atoms with Crippen molar-refractivity contribution in [1.29, 1.82) is 0 Å². The molecule has 0 saturated carbocycles. The number of urea groups is 1. The van der Waals surface area contributed by atoms with Crippen LogP contribution in [0.1, 0.15) is 40.2 Å². The number of ether oxygens (including phenoxy) is 1.